The summed E-state index contributed by atoms with van der Waals surface area (Å²) in [5, 5.41) is 9.54. The van der Waals surface area contributed by atoms with Crippen LogP contribution >= 0.6 is 0 Å². The molecule has 1 aliphatic carbocycles. The Morgan fingerprint density at radius 2 is 2.16 bits per heavy atom. The van der Waals surface area contributed by atoms with Crippen molar-refractivity contribution in [3.63, 3.8) is 0 Å². The van der Waals surface area contributed by atoms with Gasteiger partial charge in [-0.05, 0) is 43.4 Å². The Morgan fingerprint density at radius 1 is 1.37 bits per heavy atom. The molecular formula is C13H18FNO3S. The third kappa shape index (κ3) is 3.99. The second-order valence-corrected chi connectivity index (χ2v) is 6.76. The highest BCUT2D eigenvalue weighted by atomic mass is 32.2. The summed E-state index contributed by atoms with van der Waals surface area (Å²) in [6, 6.07) is 4.93. The molecule has 0 amide bonds. The number of hydrogen-bond acceptors (Lipinski definition) is 3. The first-order valence-corrected chi connectivity index (χ1v) is 7.89. The van der Waals surface area contributed by atoms with Crippen LogP contribution in [0.2, 0.25) is 0 Å². The minimum atomic E-state index is -3.67. The van der Waals surface area contributed by atoms with Gasteiger partial charge in [0.25, 0.3) is 0 Å². The highest BCUT2D eigenvalue weighted by Gasteiger charge is 2.22. The lowest BCUT2D eigenvalue weighted by Gasteiger charge is -2.25. The van der Waals surface area contributed by atoms with Crippen molar-refractivity contribution in [1.82, 2.24) is 4.72 Å². The first-order chi connectivity index (χ1) is 8.97. The van der Waals surface area contributed by atoms with E-state index in [4.69, 9.17) is 0 Å². The number of nitrogens with one attached hydrogen (secondary N) is 1. The first-order valence-electron chi connectivity index (χ1n) is 6.40. The van der Waals surface area contributed by atoms with Gasteiger partial charge >= 0.3 is 0 Å². The van der Waals surface area contributed by atoms with E-state index in [0.717, 1.165) is 25.3 Å². The smallest absolute Gasteiger partial charge is 0.240 e. The van der Waals surface area contributed by atoms with Gasteiger partial charge in [0.15, 0.2) is 0 Å². The maximum atomic E-state index is 13.0. The second kappa shape index (κ2) is 5.98. The number of rotatable bonds is 4. The molecule has 2 N–H and O–H groups in total. The van der Waals surface area contributed by atoms with Gasteiger partial charge in [0.1, 0.15) is 5.82 Å². The van der Waals surface area contributed by atoms with Crippen LogP contribution in [-0.2, 0) is 10.0 Å². The predicted molar refractivity (Wildman–Crippen MR) is 69.6 cm³/mol. The summed E-state index contributed by atoms with van der Waals surface area (Å²) >= 11 is 0. The lowest BCUT2D eigenvalue weighted by Crippen LogP contribution is -2.33. The molecule has 1 aliphatic rings. The molecule has 6 heteroatoms. The van der Waals surface area contributed by atoms with E-state index in [1.54, 1.807) is 0 Å². The van der Waals surface area contributed by atoms with Gasteiger partial charge in [0, 0.05) is 6.54 Å². The number of hydrogen-bond donors (Lipinski definition) is 2. The van der Waals surface area contributed by atoms with Crippen LogP contribution in [0.4, 0.5) is 4.39 Å². The van der Waals surface area contributed by atoms with E-state index in [9.17, 15) is 17.9 Å². The number of halogens is 1. The molecule has 0 radical (unpaired) electrons. The predicted octanol–water partition coefficient (Wildman–Crippen LogP) is 1.66. The maximum Gasteiger partial charge on any atom is 0.240 e. The lowest BCUT2D eigenvalue weighted by atomic mass is 9.87. The standard InChI is InChI=1S/C13H18FNO3S/c14-11-4-2-6-13(8-11)19(17,18)15-9-10-3-1-5-12(16)7-10/h2,4,6,8,10,12,15-16H,1,3,5,7,9H2. The van der Waals surface area contributed by atoms with E-state index in [1.165, 1.54) is 18.2 Å². The molecule has 0 bridgehead atoms. The summed E-state index contributed by atoms with van der Waals surface area (Å²) in [5.41, 5.74) is 0. The molecule has 106 valence electrons. The Balaban J connectivity index is 1.98. The van der Waals surface area contributed by atoms with Gasteiger partial charge < -0.3 is 5.11 Å². The van der Waals surface area contributed by atoms with Crippen molar-refractivity contribution in [1.29, 1.82) is 0 Å². The molecule has 1 aromatic rings. The Kier molecular flexibility index (Phi) is 4.54. The van der Waals surface area contributed by atoms with Gasteiger partial charge in [-0.15, -0.1) is 0 Å². The van der Waals surface area contributed by atoms with Crippen LogP contribution in [0.15, 0.2) is 29.2 Å². The van der Waals surface area contributed by atoms with Gasteiger partial charge in [-0.25, -0.2) is 17.5 Å². The number of aliphatic hydroxyl groups is 1. The van der Waals surface area contributed by atoms with Crippen LogP contribution < -0.4 is 4.72 Å². The van der Waals surface area contributed by atoms with Crippen molar-refractivity contribution in [2.24, 2.45) is 5.92 Å². The fourth-order valence-electron chi connectivity index (χ4n) is 2.39. The van der Waals surface area contributed by atoms with E-state index in [0.29, 0.717) is 6.42 Å². The van der Waals surface area contributed by atoms with E-state index in [2.05, 4.69) is 4.72 Å². The van der Waals surface area contributed by atoms with Crippen LogP contribution in [0.25, 0.3) is 0 Å². The van der Waals surface area contributed by atoms with Crippen LogP contribution in [0.5, 0.6) is 0 Å². The van der Waals surface area contributed by atoms with Gasteiger partial charge in [-0.1, -0.05) is 12.5 Å². The van der Waals surface area contributed by atoms with Crippen molar-refractivity contribution in [3.8, 4) is 0 Å². The lowest BCUT2D eigenvalue weighted by molar-refractivity contribution is 0.102. The summed E-state index contributed by atoms with van der Waals surface area (Å²) in [6.07, 6.45) is 2.88. The minimum Gasteiger partial charge on any atom is -0.393 e. The van der Waals surface area contributed by atoms with Crippen LogP contribution in [-0.4, -0.2) is 26.2 Å². The third-order valence-corrected chi connectivity index (χ3v) is 4.84. The fraction of sp³-hybridized carbons (Fsp3) is 0.538. The number of aliphatic hydroxyl groups excluding tert-OH is 1. The Bertz CT molecular complexity index is 532. The van der Waals surface area contributed by atoms with E-state index >= 15 is 0 Å². The van der Waals surface area contributed by atoms with E-state index < -0.39 is 15.8 Å². The summed E-state index contributed by atoms with van der Waals surface area (Å²) in [5.74, 6) is -0.428. The zero-order valence-corrected chi connectivity index (χ0v) is 11.4. The molecule has 1 aromatic carbocycles. The summed E-state index contributed by atoms with van der Waals surface area (Å²) in [6.45, 7) is 0.288. The average molecular weight is 287 g/mol. The van der Waals surface area contributed by atoms with Crippen molar-refractivity contribution < 1.29 is 17.9 Å². The summed E-state index contributed by atoms with van der Waals surface area (Å²) in [7, 11) is -3.67. The average Bonchev–Trinajstić information content (AvgIpc) is 2.37. The molecule has 0 aliphatic heterocycles. The molecule has 2 atom stereocenters. The summed E-state index contributed by atoms with van der Waals surface area (Å²) in [4.78, 5) is -0.0659. The Hall–Kier alpha value is -0.980. The molecule has 0 spiro atoms. The van der Waals surface area contributed by atoms with Gasteiger partial charge in [-0.2, -0.15) is 0 Å². The molecule has 2 rings (SSSR count). The SMILES string of the molecule is O=S(=O)(NCC1CCCC(O)C1)c1cccc(F)c1. The van der Waals surface area contributed by atoms with Crippen LogP contribution in [0.3, 0.4) is 0 Å². The quantitative estimate of drug-likeness (QED) is 0.885. The van der Waals surface area contributed by atoms with E-state index in [-0.39, 0.29) is 23.5 Å². The van der Waals surface area contributed by atoms with Crippen LogP contribution in [0, 0.1) is 11.7 Å². The second-order valence-electron chi connectivity index (χ2n) is 5.00. The molecule has 19 heavy (non-hydrogen) atoms. The molecule has 0 aromatic heterocycles. The normalized spacial score (nSPS) is 24.3. The highest BCUT2D eigenvalue weighted by molar-refractivity contribution is 7.89. The van der Waals surface area contributed by atoms with Crippen molar-refractivity contribution in [2.75, 3.05) is 6.54 Å². The van der Waals surface area contributed by atoms with Crippen molar-refractivity contribution in [2.45, 2.75) is 36.7 Å². The van der Waals surface area contributed by atoms with Crippen LogP contribution in [0.1, 0.15) is 25.7 Å². The maximum absolute atomic E-state index is 13.0. The zero-order valence-electron chi connectivity index (χ0n) is 10.5. The van der Waals surface area contributed by atoms with Gasteiger partial charge in [-0.3, -0.25) is 0 Å². The molecule has 0 saturated heterocycles. The molecule has 0 heterocycles. The molecule has 4 nitrogen and oxygen atoms in total. The largest absolute Gasteiger partial charge is 0.393 e. The number of benzene rings is 1. The molecular weight excluding hydrogens is 269 g/mol. The Morgan fingerprint density at radius 3 is 2.84 bits per heavy atom. The van der Waals surface area contributed by atoms with Crippen molar-refractivity contribution >= 4 is 10.0 Å². The van der Waals surface area contributed by atoms with Gasteiger partial charge in [0.05, 0.1) is 11.0 Å². The first kappa shape index (κ1) is 14.4. The zero-order chi connectivity index (χ0) is 13.9. The highest BCUT2D eigenvalue weighted by Crippen LogP contribution is 2.24. The molecule has 2 unspecified atom stereocenters. The molecule has 1 saturated carbocycles. The van der Waals surface area contributed by atoms with Crippen molar-refractivity contribution in [3.05, 3.63) is 30.1 Å². The molecule has 1 fully saturated rings. The van der Waals surface area contributed by atoms with Gasteiger partial charge in [0.2, 0.25) is 10.0 Å². The topological polar surface area (TPSA) is 66.4 Å². The minimum absolute atomic E-state index is 0.0659. The van der Waals surface area contributed by atoms with E-state index in [1.807, 2.05) is 0 Å². The fourth-order valence-corrected chi connectivity index (χ4v) is 3.54. The third-order valence-electron chi connectivity index (χ3n) is 3.42. The monoisotopic (exact) mass is 287 g/mol. The number of sulfonamides is 1. The summed E-state index contributed by atoms with van der Waals surface area (Å²) < 4.78 is 39.4. The Labute approximate surface area is 112 Å².